The minimum atomic E-state index is -0.449. The van der Waals surface area contributed by atoms with Gasteiger partial charge in [0.15, 0.2) is 5.69 Å². The average molecular weight is 974 g/mol. The highest BCUT2D eigenvalue weighted by molar-refractivity contribution is 6.03. The highest BCUT2D eigenvalue weighted by Gasteiger charge is 2.24. The molecule has 19 nitrogen and oxygen atoms in total. The van der Waals surface area contributed by atoms with Crippen LogP contribution in [0.3, 0.4) is 0 Å². The van der Waals surface area contributed by atoms with Crippen LogP contribution in [0.2, 0.25) is 0 Å². The Labute approximate surface area is 414 Å². The molecule has 19 heteroatoms. The number of benzene rings is 1. The molecule has 1 aromatic carbocycles. The number of piperazine rings is 1. The molecule has 2 aliphatic rings. The number of carbonyl (C=O) groups excluding carboxylic acids is 4. The van der Waals surface area contributed by atoms with Crippen molar-refractivity contribution in [2.75, 3.05) is 116 Å². The zero-order valence-corrected chi connectivity index (χ0v) is 41.1. The number of carbonyl (C=O) groups is 4. The van der Waals surface area contributed by atoms with Crippen LogP contribution < -0.4 is 31.7 Å². The summed E-state index contributed by atoms with van der Waals surface area (Å²) < 4.78 is 16.9. The lowest BCUT2D eigenvalue weighted by atomic mass is 9.96. The van der Waals surface area contributed by atoms with Gasteiger partial charge < -0.3 is 50.3 Å². The fourth-order valence-electron chi connectivity index (χ4n) is 8.47. The van der Waals surface area contributed by atoms with Gasteiger partial charge in [-0.05, 0) is 78.7 Å². The number of amides is 4. The number of hydrogen-bond donors (Lipinski definition) is 5. The van der Waals surface area contributed by atoms with E-state index in [1.165, 1.54) is 0 Å². The molecule has 4 amide bonds. The average Bonchev–Trinajstić information content (AvgIpc) is 3.38. The molecule has 5 aromatic rings. The molecule has 2 fully saturated rings. The maximum atomic E-state index is 13.3. The first-order valence-corrected chi connectivity index (χ1v) is 24.6. The van der Waals surface area contributed by atoms with Crippen molar-refractivity contribution in [2.24, 2.45) is 5.92 Å². The second-order valence-electron chi connectivity index (χ2n) is 17.8. The number of likely N-dealkylation sites (tertiary alicyclic amines) is 1. The number of aryl methyl sites for hydroxylation is 2. The molecule has 0 radical (unpaired) electrons. The molecule has 71 heavy (non-hydrogen) atoms. The monoisotopic (exact) mass is 974 g/mol. The number of piperidine rings is 1. The molecular formula is C52H67N11O8. The first kappa shape index (κ1) is 52.2. The molecule has 378 valence electrons. The minimum Gasteiger partial charge on any atom is -0.377 e. The third-order valence-corrected chi connectivity index (χ3v) is 12.7. The number of anilines is 2. The van der Waals surface area contributed by atoms with E-state index in [4.69, 9.17) is 14.2 Å². The van der Waals surface area contributed by atoms with Gasteiger partial charge >= 0.3 is 0 Å². The van der Waals surface area contributed by atoms with Gasteiger partial charge in [0.25, 0.3) is 17.4 Å². The third-order valence-electron chi connectivity index (χ3n) is 12.7. The Bertz CT molecular complexity index is 2640. The number of nitrogens with one attached hydrogen (secondary N) is 5. The van der Waals surface area contributed by atoms with Gasteiger partial charge in [-0.2, -0.15) is 0 Å². The van der Waals surface area contributed by atoms with Gasteiger partial charge in [-0.15, -0.1) is 0 Å². The van der Waals surface area contributed by atoms with Gasteiger partial charge in [-0.25, -0.2) is 9.97 Å². The predicted molar refractivity (Wildman–Crippen MR) is 272 cm³/mol. The molecule has 2 saturated heterocycles. The Morgan fingerprint density at radius 1 is 0.746 bits per heavy atom. The number of H-pyrrole nitrogens is 1. The predicted octanol–water partition coefficient (Wildman–Crippen LogP) is 3.43. The molecule has 0 bridgehead atoms. The summed E-state index contributed by atoms with van der Waals surface area (Å²) in [6, 6.07) is 17.3. The number of rotatable bonds is 25. The largest absolute Gasteiger partial charge is 0.377 e. The molecule has 0 aliphatic carbocycles. The van der Waals surface area contributed by atoms with Crippen LogP contribution in [-0.4, -0.2) is 159 Å². The maximum Gasteiger partial charge on any atom is 0.272 e. The van der Waals surface area contributed by atoms with Gasteiger partial charge in [0.1, 0.15) is 5.69 Å². The van der Waals surface area contributed by atoms with Crippen LogP contribution in [0.25, 0.3) is 22.2 Å². The van der Waals surface area contributed by atoms with Gasteiger partial charge in [-0.1, -0.05) is 38.1 Å². The number of ether oxygens (including phenoxy) is 3. The second kappa shape index (κ2) is 26.5. The van der Waals surface area contributed by atoms with Crippen molar-refractivity contribution in [3.05, 3.63) is 112 Å². The SMILES string of the molecule is CCc1cccc(-c2cnc(C(=O)NCCOCCOCCOCCNC(=O)c3ccc(N4CCN(Cc5cnc6cc(CC)c(=O)[nH]c6c5)CC4)cn3)c(NC(=O)CNCC3CCN(C)C(=O)C3)c2)c1. The van der Waals surface area contributed by atoms with E-state index in [0.29, 0.717) is 76.9 Å². The van der Waals surface area contributed by atoms with Crippen molar-refractivity contribution < 1.29 is 33.4 Å². The van der Waals surface area contributed by atoms with Crippen molar-refractivity contribution in [3.8, 4) is 11.1 Å². The van der Waals surface area contributed by atoms with Gasteiger partial charge in [-0.3, -0.25) is 33.9 Å². The Morgan fingerprint density at radius 2 is 1.49 bits per heavy atom. The third kappa shape index (κ3) is 15.4. The van der Waals surface area contributed by atoms with Crippen LogP contribution in [0, 0.1) is 5.92 Å². The maximum absolute atomic E-state index is 13.3. The number of aromatic amines is 1. The smallest absolute Gasteiger partial charge is 0.272 e. The van der Waals surface area contributed by atoms with E-state index in [2.05, 4.69) is 64.0 Å². The first-order valence-electron chi connectivity index (χ1n) is 24.6. The van der Waals surface area contributed by atoms with E-state index >= 15 is 0 Å². The van der Waals surface area contributed by atoms with E-state index in [0.717, 1.165) is 90.1 Å². The van der Waals surface area contributed by atoms with Crippen molar-refractivity contribution in [2.45, 2.75) is 46.1 Å². The molecule has 1 atom stereocenters. The minimum absolute atomic E-state index is 0.0215. The fourth-order valence-corrected chi connectivity index (χ4v) is 8.47. The number of hydrogen-bond acceptors (Lipinski definition) is 14. The molecule has 2 aliphatic heterocycles. The highest BCUT2D eigenvalue weighted by Crippen LogP contribution is 2.26. The topological polar surface area (TPSA) is 225 Å². The van der Waals surface area contributed by atoms with Crippen molar-refractivity contribution in [1.29, 1.82) is 0 Å². The van der Waals surface area contributed by atoms with Crippen LogP contribution >= 0.6 is 0 Å². The van der Waals surface area contributed by atoms with Crippen LogP contribution in [-0.2, 0) is 43.2 Å². The molecule has 6 heterocycles. The Hall–Kier alpha value is -6.64. The summed E-state index contributed by atoms with van der Waals surface area (Å²) in [7, 11) is 1.80. The summed E-state index contributed by atoms with van der Waals surface area (Å²) in [5.41, 5.74) is 7.81. The standard InChI is InChI=1S/C52H67N11O8/c1-4-36-7-6-8-40(25-36)41-29-46(59-47(64)34-53-30-37-11-14-61(3)48(65)27-37)49(58-32-41)52(68)55-13-20-70-22-24-71-23-21-69-19-12-54-51(67)43-10-9-42(33-57-43)63-17-15-62(16-18-63)35-38-26-45-44(56-31-38)28-39(5-2)50(66)60-45/h6-10,25-26,28-29,31-33,37,53H,4-5,11-24,27,30,34-35H2,1-3H3,(H,54,67)(H,55,68)(H,59,64)(H,60,66). The molecule has 4 aromatic heterocycles. The summed E-state index contributed by atoms with van der Waals surface area (Å²) in [5, 5.41) is 11.7. The van der Waals surface area contributed by atoms with Gasteiger partial charge in [0.05, 0.1) is 74.8 Å². The Balaban J connectivity index is 0.733. The molecule has 7 rings (SSSR count). The van der Waals surface area contributed by atoms with E-state index < -0.39 is 5.91 Å². The summed E-state index contributed by atoms with van der Waals surface area (Å²) in [4.78, 5) is 86.3. The second-order valence-corrected chi connectivity index (χ2v) is 17.8. The van der Waals surface area contributed by atoms with Crippen LogP contribution in [0.1, 0.15) is 64.4 Å². The van der Waals surface area contributed by atoms with Crippen LogP contribution in [0.15, 0.2) is 78.0 Å². The summed E-state index contributed by atoms with van der Waals surface area (Å²) in [6.45, 7) is 11.8. The lowest BCUT2D eigenvalue weighted by Gasteiger charge is -2.36. The Kier molecular flexibility index (Phi) is 19.5. The van der Waals surface area contributed by atoms with E-state index in [9.17, 15) is 24.0 Å². The Morgan fingerprint density at radius 3 is 2.20 bits per heavy atom. The zero-order chi connectivity index (χ0) is 50.0. The van der Waals surface area contributed by atoms with Gasteiger partial charge in [0, 0.05) is 89.3 Å². The number of aromatic nitrogens is 4. The molecule has 5 N–H and O–H groups in total. The molecule has 0 saturated carbocycles. The number of pyridine rings is 4. The highest BCUT2D eigenvalue weighted by atomic mass is 16.5. The van der Waals surface area contributed by atoms with Crippen molar-refractivity contribution >= 4 is 46.0 Å². The van der Waals surface area contributed by atoms with Crippen LogP contribution in [0.4, 0.5) is 11.4 Å². The first-order chi connectivity index (χ1) is 34.6. The summed E-state index contributed by atoms with van der Waals surface area (Å²) in [5.74, 6) is -0.771. The fraction of sp³-hybridized carbons (Fsp3) is 0.462. The summed E-state index contributed by atoms with van der Waals surface area (Å²) in [6.07, 6.45) is 8.11. The number of fused-ring (bicyclic) bond motifs is 1. The van der Waals surface area contributed by atoms with Crippen molar-refractivity contribution in [3.63, 3.8) is 0 Å². The zero-order valence-electron chi connectivity index (χ0n) is 41.1. The summed E-state index contributed by atoms with van der Waals surface area (Å²) >= 11 is 0. The lowest BCUT2D eigenvalue weighted by Crippen LogP contribution is -2.46. The molecule has 1 unspecified atom stereocenters. The van der Waals surface area contributed by atoms with Crippen LogP contribution in [0.5, 0.6) is 0 Å². The molecular weight excluding hydrogens is 907 g/mol. The normalized spacial score (nSPS) is 15.3. The quantitative estimate of drug-likeness (QED) is 0.0529. The lowest BCUT2D eigenvalue weighted by molar-refractivity contribution is -0.133. The van der Waals surface area contributed by atoms with E-state index in [1.54, 1.807) is 36.5 Å². The molecule has 0 spiro atoms. The van der Waals surface area contributed by atoms with E-state index in [-0.39, 0.29) is 54.6 Å². The van der Waals surface area contributed by atoms with Crippen molar-refractivity contribution in [1.82, 2.24) is 45.7 Å². The number of nitrogens with zero attached hydrogens (tertiary/aromatic N) is 6. The van der Waals surface area contributed by atoms with E-state index in [1.807, 2.05) is 49.5 Å². The van der Waals surface area contributed by atoms with Gasteiger partial charge in [0.2, 0.25) is 11.8 Å².